The van der Waals surface area contributed by atoms with Crippen LogP contribution < -0.4 is 10.5 Å². The van der Waals surface area contributed by atoms with Crippen LogP contribution in [0.3, 0.4) is 0 Å². The highest BCUT2D eigenvalue weighted by Crippen LogP contribution is 2.19. The smallest absolute Gasteiger partial charge is 0.126 e. The largest absolute Gasteiger partial charge is 0.488 e. The molecule has 0 aliphatic rings. The van der Waals surface area contributed by atoms with Crippen LogP contribution in [0.2, 0.25) is 0 Å². The number of ether oxygens (including phenoxy) is 1. The van der Waals surface area contributed by atoms with Gasteiger partial charge in [0.2, 0.25) is 0 Å². The lowest BCUT2D eigenvalue weighted by molar-refractivity contribution is 0.302. The van der Waals surface area contributed by atoms with Crippen LogP contribution in [-0.4, -0.2) is 4.98 Å². The summed E-state index contributed by atoms with van der Waals surface area (Å²) in [4.78, 5) is 3.96. The predicted molar refractivity (Wildman–Crippen MR) is 64.1 cm³/mol. The van der Waals surface area contributed by atoms with Gasteiger partial charge in [0.1, 0.15) is 24.0 Å². The minimum atomic E-state index is -0.305. The molecule has 2 aromatic rings. The van der Waals surface area contributed by atoms with E-state index in [1.165, 1.54) is 12.1 Å². The molecule has 0 saturated carbocycles. The van der Waals surface area contributed by atoms with Gasteiger partial charge in [-0.1, -0.05) is 12.1 Å². The quantitative estimate of drug-likeness (QED) is 0.885. The molecule has 17 heavy (non-hydrogen) atoms. The van der Waals surface area contributed by atoms with Crippen LogP contribution in [0.1, 0.15) is 11.1 Å². The van der Waals surface area contributed by atoms with Crippen molar-refractivity contribution in [3.05, 3.63) is 53.5 Å². The first-order chi connectivity index (χ1) is 8.15. The van der Waals surface area contributed by atoms with E-state index in [1.807, 2.05) is 13.0 Å². The number of nitrogen functional groups attached to an aromatic ring is 1. The summed E-state index contributed by atoms with van der Waals surface area (Å²) in [5.74, 6) is 0.707. The Bertz CT molecular complexity index is 511. The number of pyridine rings is 1. The van der Waals surface area contributed by atoms with Crippen LogP contribution in [0.4, 0.5) is 10.2 Å². The summed E-state index contributed by atoms with van der Waals surface area (Å²) in [7, 11) is 0. The van der Waals surface area contributed by atoms with E-state index in [9.17, 15) is 4.39 Å². The van der Waals surface area contributed by atoms with E-state index in [2.05, 4.69) is 4.98 Å². The first-order valence-electron chi connectivity index (χ1n) is 5.24. The normalized spacial score (nSPS) is 10.2. The van der Waals surface area contributed by atoms with E-state index in [4.69, 9.17) is 10.5 Å². The van der Waals surface area contributed by atoms with Gasteiger partial charge in [0.05, 0.1) is 0 Å². The average Bonchev–Trinajstić information content (AvgIpc) is 2.32. The van der Waals surface area contributed by atoms with E-state index in [0.29, 0.717) is 18.2 Å². The molecule has 0 fully saturated rings. The third-order valence-electron chi connectivity index (χ3n) is 2.39. The van der Waals surface area contributed by atoms with Crippen LogP contribution in [0.25, 0.3) is 0 Å². The van der Waals surface area contributed by atoms with Gasteiger partial charge < -0.3 is 10.5 Å². The molecule has 0 aliphatic carbocycles. The number of rotatable bonds is 3. The van der Waals surface area contributed by atoms with E-state index >= 15 is 0 Å². The Morgan fingerprint density at radius 2 is 2.12 bits per heavy atom. The fourth-order valence-corrected chi connectivity index (χ4v) is 1.41. The second-order valence-electron chi connectivity index (χ2n) is 3.79. The zero-order chi connectivity index (χ0) is 12.3. The summed E-state index contributed by atoms with van der Waals surface area (Å²) >= 11 is 0. The van der Waals surface area contributed by atoms with Crippen molar-refractivity contribution in [2.75, 3.05) is 5.73 Å². The van der Waals surface area contributed by atoms with Crippen LogP contribution in [0.5, 0.6) is 5.75 Å². The first kappa shape index (κ1) is 11.4. The highest BCUT2D eigenvalue weighted by Gasteiger charge is 2.02. The van der Waals surface area contributed by atoms with Crippen molar-refractivity contribution in [1.82, 2.24) is 4.98 Å². The van der Waals surface area contributed by atoms with Crippen molar-refractivity contribution in [1.29, 1.82) is 0 Å². The van der Waals surface area contributed by atoms with Crippen molar-refractivity contribution >= 4 is 5.82 Å². The van der Waals surface area contributed by atoms with Gasteiger partial charge in [-0.05, 0) is 24.6 Å². The molecule has 0 aliphatic heterocycles. The van der Waals surface area contributed by atoms with Crippen LogP contribution in [0.15, 0.2) is 36.5 Å². The lowest BCUT2D eigenvalue weighted by Gasteiger charge is -2.09. The summed E-state index contributed by atoms with van der Waals surface area (Å²) in [6.45, 7) is 2.22. The molecule has 1 heterocycles. The molecule has 2 rings (SSSR count). The molecule has 4 heteroatoms. The number of nitrogens with two attached hydrogens (primary N) is 1. The molecule has 1 aromatic heterocycles. The van der Waals surface area contributed by atoms with Crippen molar-refractivity contribution in [2.24, 2.45) is 0 Å². The molecule has 0 spiro atoms. The van der Waals surface area contributed by atoms with Crippen LogP contribution >= 0.6 is 0 Å². The van der Waals surface area contributed by atoms with Gasteiger partial charge in [0, 0.05) is 17.8 Å². The Hall–Kier alpha value is -2.10. The zero-order valence-corrected chi connectivity index (χ0v) is 9.48. The number of benzene rings is 1. The van der Waals surface area contributed by atoms with Crippen molar-refractivity contribution < 1.29 is 9.13 Å². The van der Waals surface area contributed by atoms with Crippen molar-refractivity contribution in [2.45, 2.75) is 13.5 Å². The highest BCUT2D eigenvalue weighted by molar-refractivity contribution is 5.33. The summed E-state index contributed by atoms with van der Waals surface area (Å²) in [6, 6.07) is 8.01. The SMILES string of the molecule is Cc1ccc(F)cc1OCc1ccc(N)nc1. The molecule has 0 atom stereocenters. The topological polar surface area (TPSA) is 48.1 Å². The number of anilines is 1. The number of aromatic nitrogens is 1. The molecule has 0 bridgehead atoms. The number of hydrogen-bond acceptors (Lipinski definition) is 3. The maximum Gasteiger partial charge on any atom is 0.126 e. The maximum absolute atomic E-state index is 13.0. The molecule has 2 N–H and O–H groups in total. The fourth-order valence-electron chi connectivity index (χ4n) is 1.41. The number of aryl methyl sites for hydroxylation is 1. The standard InChI is InChI=1S/C13H13FN2O/c1-9-2-4-11(14)6-12(9)17-8-10-3-5-13(15)16-7-10/h2-7H,8H2,1H3,(H2,15,16). The Labute approximate surface area is 99.1 Å². The lowest BCUT2D eigenvalue weighted by atomic mass is 10.2. The number of hydrogen-bond donors (Lipinski definition) is 1. The first-order valence-corrected chi connectivity index (χ1v) is 5.24. The molecule has 0 radical (unpaired) electrons. The summed E-state index contributed by atoms with van der Waals surface area (Å²) < 4.78 is 18.5. The summed E-state index contributed by atoms with van der Waals surface area (Å²) in [5.41, 5.74) is 7.27. The van der Waals surface area contributed by atoms with Gasteiger partial charge in [0.15, 0.2) is 0 Å². The molecule has 0 amide bonds. The third kappa shape index (κ3) is 2.93. The molecule has 0 unspecified atom stereocenters. The summed E-state index contributed by atoms with van der Waals surface area (Å²) in [5, 5.41) is 0. The number of nitrogens with zero attached hydrogens (tertiary/aromatic N) is 1. The van der Waals surface area contributed by atoms with E-state index < -0.39 is 0 Å². The Morgan fingerprint density at radius 3 is 2.82 bits per heavy atom. The third-order valence-corrected chi connectivity index (χ3v) is 2.39. The Kier molecular flexibility index (Phi) is 3.23. The average molecular weight is 232 g/mol. The molecule has 3 nitrogen and oxygen atoms in total. The van der Waals surface area contributed by atoms with Crippen molar-refractivity contribution in [3.63, 3.8) is 0 Å². The second-order valence-corrected chi connectivity index (χ2v) is 3.79. The van der Waals surface area contributed by atoms with Crippen LogP contribution in [-0.2, 0) is 6.61 Å². The van der Waals surface area contributed by atoms with E-state index in [0.717, 1.165) is 11.1 Å². The minimum Gasteiger partial charge on any atom is -0.488 e. The minimum absolute atomic E-state index is 0.305. The molecule has 88 valence electrons. The second kappa shape index (κ2) is 4.82. The molecule has 0 saturated heterocycles. The van der Waals surface area contributed by atoms with Crippen molar-refractivity contribution in [3.8, 4) is 5.75 Å². The Balaban J connectivity index is 2.07. The van der Waals surface area contributed by atoms with E-state index in [1.54, 1.807) is 18.3 Å². The predicted octanol–water partition coefficient (Wildman–Crippen LogP) is 2.69. The van der Waals surface area contributed by atoms with Crippen LogP contribution in [0, 0.1) is 12.7 Å². The fraction of sp³-hybridized carbons (Fsp3) is 0.154. The number of halogens is 1. The van der Waals surface area contributed by atoms with Gasteiger partial charge in [-0.15, -0.1) is 0 Å². The molecule has 1 aromatic carbocycles. The van der Waals surface area contributed by atoms with Gasteiger partial charge in [-0.3, -0.25) is 0 Å². The van der Waals surface area contributed by atoms with Gasteiger partial charge in [-0.2, -0.15) is 0 Å². The van der Waals surface area contributed by atoms with Gasteiger partial charge in [0.25, 0.3) is 0 Å². The van der Waals surface area contributed by atoms with Gasteiger partial charge >= 0.3 is 0 Å². The molecular weight excluding hydrogens is 219 g/mol. The highest BCUT2D eigenvalue weighted by atomic mass is 19.1. The van der Waals surface area contributed by atoms with Gasteiger partial charge in [-0.25, -0.2) is 9.37 Å². The maximum atomic E-state index is 13.0. The van der Waals surface area contributed by atoms with E-state index in [-0.39, 0.29) is 5.82 Å². The molecular formula is C13H13FN2O. The zero-order valence-electron chi connectivity index (χ0n) is 9.48. The lowest BCUT2D eigenvalue weighted by Crippen LogP contribution is -1.99. The Morgan fingerprint density at radius 1 is 1.29 bits per heavy atom. The summed E-state index contributed by atoms with van der Waals surface area (Å²) in [6.07, 6.45) is 1.64. The monoisotopic (exact) mass is 232 g/mol.